The van der Waals surface area contributed by atoms with Crippen LogP contribution in [-0.4, -0.2) is 92.0 Å². The van der Waals surface area contributed by atoms with Gasteiger partial charge in [0.2, 0.25) is 6.79 Å². The van der Waals surface area contributed by atoms with Crippen LogP contribution in [0, 0.1) is 12.3 Å². The number of esters is 2. The highest BCUT2D eigenvalue weighted by molar-refractivity contribution is 7.89. The fraction of sp³-hybridized carbons (Fsp3) is 0.529. The van der Waals surface area contributed by atoms with Crippen molar-refractivity contribution < 1.29 is 41.8 Å². The Hall–Kier alpha value is -3.97. The van der Waals surface area contributed by atoms with Gasteiger partial charge in [-0.3, -0.25) is 14.5 Å². The molecule has 2 saturated heterocycles. The van der Waals surface area contributed by atoms with E-state index >= 15 is 0 Å². The van der Waals surface area contributed by atoms with Gasteiger partial charge in [-0.15, -0.1) is 0 Å². The van der Waals surface area contributed by atoms with Crippen LogP contribution in [0.4, 0.5) is 4.79 Å². The molecule has 0 bridgehead atoms. The maximum atomic E-state index is 14.3. The Morgan fingerprint density at radius 2 is 1.53 bits per heavy atom. The minimum absolute atomic E-state index is 0.158. The molecule has 0 unspecified atom stereocenters. The molecule has 0 aromatic heterocycles. The number of likely N-dealkylation sites (tertiary alicyclic amines) is 2. The topological polar surface area (TPSA) is 140 Å². The molecule has 0 N–H and O–H groups in total. The van der Waals surface area contributed by atoms with Crippen LogP contribution >= 0.6 is 0 Å². The van der Waals surface area contributed by atoms with Gasteiger partial charge in [0.05, 0.1) is 16.4 Å². The molecular formula is C34H45N3O9S. The normalized spacial score (nSPS) is 17.9. The summed E-state index contributed by atoms with van der Waals surface area (Å²) in [5.74, 6) is -2.15. The van der Waals surface area contributed by atoms with Crippen molar-refractivity contribution in [1.82, 2.24) is 14.1 Å². The molecule has 0 aliphatic carbocycles. The number of ether oxygens (including phenoxy) is 3. The third kappa shape index (κ3) is 9.10. The molecule has 12 nitrogen and oxygen atoms in total. The Balaban J connectivity index is 1.66. The van der Waals surface area contributed by atoms with Crippen LogP contribution in [0.3, 0.4) is 0 Å². The number of hydrogen-bond acceptors (Lipinski definition) is 10. The average Bonchev–Trinajstić information content (AvgIpc) is 3.47. The Morgan fingerprint density at radius 1 is 0.894 bits per heavy atom. The maximum Gasteiger partial charge on any atom is 0.415 e. The molecule has 2 heterocycles. The van der Waals surface area contributed by atoms with Gasteiger partial charge in [0, 0.05) is 19.5 Å². The number of piperidine rings is 1. The van der Waals surface area contributed by atoms with E-state index in [9.17, 15) is 27.6 Å². The Morgan fingerprint density at radius 3 is 2.11 bits per heavy atom. The van der Waals surface area contributed by atoms with Gasteiger partial charge in [0.15, 0.2) is 0 Å². The van der Waals surface area contributed by atoms with Crippen molar-refractivity contribution in [3.8, 4) is 5.75 Å². The number of likely N-dealkylation sites (N-methyl/N-ethyl adjacent to an activating group) is 1. The zero-order chi connectivity index (χ0) is 34.4. The molecule has 2 aliphatic heterocycles. The average molecular weight is 672 g/mol. The molecule has 0 radical (unpaired) electrons. The van der Waals surface area contributed by atoms with E-state index in [1.54, 1.807) is 80.9 Å². The second-order valence-electron chi connectivity index (χ2n) is 13.1. The van der Waals surface area contributed by atoms with Crippen molar-refractivity contribution in [3.05, 3.63) is 59.7 Å². The minimum atomic E-state index is -4.57. The van der Waals surface area contributed by atoms with Gasteiger partial charge in [-0.25, -0.2) is 22.3 Å². The monoisotopic (exact) mass is 671 g/mol. The highest BCUT2D eigenvalue weighted by Crippen LogP contribution is 2.28. The molecule has 2 fully saturated rings. The van der Waals surface area contributed by atoms with Crippen molar-refractivity contribution >= 4 is 34.0 Å². The fourth-order valence-electron chi connectivity index (χ4n) is 5.51. The van der Waals surface area contributed by atoms with Gasteiger partial charge in [-0.2, -0.15) is 0 Å². The number of aryl methyl sites for hydroxylation is 1. The van der Waals surface area contributed by atoms with Crippen molar-refractivity contribution in [3.63, 3.8) is 0 Å². The number of hydrogen-bond donors (Lipinski definition) is 0. The number of carbonyl (C=O) groups excluding carboxylic acids is 4. The van der Waals surface area contributed by atoms with Gasteiger partial charge < -0.3 is 19.1 Å². The second kappa shape index (κ2) is 15.3. The molecule has 256 valence electrons. The maximum absolute atomic E-state index is 14.3. The Bertz CT molecular complexity index is 1530. The van der Waals surface area contributed by atoms with Gasteiger partial charge in [0.1, 0.15) is 11.8 Å². The predicted molar refractivity (Wildman–Crippen MR) is 173 cm³/mol. The summed E-state index contributed by atoms with van der Waals surface area (Å²) in [7, 11) is -2.84. The standard InChI is InChI=1S/C34H45N3O9S/c1-24-11-17-27(18-12-24)47(42,43)37(30(38)28-10-9-19-35(28)5)29(31(39)44-23-45-32(40)34(2,3)4)22-25-13-15-26(16-14-25)46-33(41)36-20-7-6-8-21-36/h11-18,28-29H,6-10,19-23H2,1-5H3/t28-,29+/m0/s1. The smallest absolute Gasteiger partial charge is 0.415 e. The van der Waals surface area contributed by atoms with Crippen LogP contribution in [0.25, 0.3) is 0 Å². The summed E-state index contributed by atoms with van der Waals surface area (Å²) < 4.78 is 45.1. The van der Waals surface area contributed by atoms with Crippen LogP contribution in [0.5, 0.6) is 5.75 Å². The van der Waals surface area contributed by atoms with Gasteiger partial charge in [-0.1, -0.05) is 29.8 Å². The van der Waals surface area contributed by atoms with E-state index in [0.29, 0.717) is 42.3 Å². The quantitative estimate of drug-likeness (QED) is 0.265. The third-order valence-corrected chi connectivity index (χ3v) is 10.2. The molecule has 0 spiro atoms. The van der Waals surface area contributed by atoms with Crippen LogP contribution in [0.2, 0.25) is 0 Å². The van der Waals surface area contributed by atoms with Crippen molar-refractivity contribution in [1.29, 1.82) is 0 Å². The lowest BCUT2D eigenvalue weighted by atomic mass is 9.98. The van der Waals surface area contributed by atoms with E-state index in [-0.39, 0.29) is 17.1 Å². The summed E-state index contributed by atoms with van der Waals surface area (Å²) in [4.78, 5) is 56.1. The van der Waals surface area contributed by atoms with E-state index in [2.05, 4.69) is 0 Å². The summed E-state index contributed by atoms with van der Waals surface area (Å²) in [5, 5.41) is 0. The predicted octanol–water partition coefficient (Wildman–Crippen LogP) is 4.29. The third-order valence-electron chi connectivity index (χ3n) is 8.33. The SMILES string of the molecule is Cc1ccc(S(=O)(=O)N(C(=O)[C@@H]2CCCN2C)[C@H](Cc2ccc(OC(=O)N3CCCCC3)cc2)C(=O)OCOC(=O)C(C)(C)C)cc1. The first-order valence-corrected chi connectivity index (χ1v) is 17.4. The van der Waals surface area contributed by atoms with Gasteiger partial charge >= 0.3 is 18.0 Å². The van der Waals surface area contributed by atoms with E-state index in [0.717, 1.165) is 24.8 Å². The van der Waals surface area contributed by atoms with E-state index in [1.807, 2.05) is 0 Å². The molecule has 2 atom stereocenters. The summed E-state index contributed by atoms with van der Waals surface area (Å²) in [6.45, 7) is 7.80. The fourth-order valence-corrected chi connectivity index (χ4v) is 7.07. The molecule has 13 heteroatoms. The van der Waals surface area contributed by atoms with E-state index in [4.69, 9.17) is 14.2 Å². The number of carbonyl (C=O) groups is 4. The highest BCUT2D eigenvalue weighted by Gasteiger charge is 2.45. The summed E-state index contributed by atoms with van der Waals surface area (Å²) in [6.07, 6.45) is 3.29. The molecule has 2 aromatic rings. The van der Waals surface area contributed by atoms with Crippen molar-refractivity contribution in [2.75, 3.05) is 33.5 Å². The van der Waals surface area contributed by atoms with Crippen molar-refractivity contribution in [2.24, 2.45) is 5.41 Å². The lowest BCUT2D eigenvalue weighted by Gasteiger charge is -2.33. The van der Waals surface area contributed by atoms with E-state index in [1.165, 1.54) is 12.1 Å². The Labute approximate surface area is 277 Å². The van der Waals surface area contributed by atoms with Crippen molar-refractivity contribution in [2.45, 2.75) is 83.2 Å². The molecular weight excluding hydrogens is 626 g/mol. The number of rotatable bonds is 10. The molecule has 0 saturated carbocycles. The lowest BCUT2D eigenvalue weighted by molar-refractivity contribution is -0.176. The largest absolute Gasteiger partial charge is 0.427 e. The summed E-state index contributed by atoms with van der Waals surface area (Å²) in [6, 6.07) is 9.89. The van der Waals surface area contributed by atoms with Crippen LogP contribution in [-0.2, 0) is 40.3 Å². The summed E-state index contributed by atoms with van der Waals surface area (Å²) in [5.41, 5.74) is 0.428. The zero-order valence-electron chi connectivity index (χ0n) is 27.8. The first-order valence-electron chi connectivity index (χ1n) is 15.9. The summed E-state index contributed by atoms with van der Waals surface area (Å²) >= 11 is 0. The number of sulfonamides is 1. The first-order chi connectivity index (χ1) is 22.2. The van der Waals surface area contributed by atoms with Gasteiger partial charge in [0.25, 0.3) is 15.9 Å². The minimum Gasteiger partial charge on any atom is -0.427 e. The molecule has 4 rings (SSSR count). The molecule has 2 amide bonds. The zero-order valence-corrected chi connectivity index (χ0v) is 28.6. The van der Waals surface area contributed by atoms with Crippen LogP contribution < -0.4 is 4.74 Å². The highest BCUT2D eigenvalue weighted by atomic mass is 32.2. The lowest BCUT2D eigenvalue weighted by Crippen LogP contribution is -2.55. The van der Waals surface area contributed by atoms with Crippen LogP contribution in [0.15, 0.2) is 53.4 Å². The first kappa shape index (κ1) is 35.9. The number of amides is 2. The molecule has 2 aliphatic rings. The Kier molecular flexibility index (Phi) is 11.7. The van der Waals surface area contributed by atoms with Crippen LogP contribution in [0.1, 0.15) is 64.0 Å². The van der Waals surface area contributed by atoms with Gasteiger partial charge in [-0.05, 0) is 103 Å². The number of nitrogens with zero attached hydrogens (tertiary/aromatic N) is 3. The second-order valence-corrected chi connectivity index (χ2v) is 14.9. The molecule has 2 aromatic carbocycles. The van der Waals surface area contributed by atoms with E-state index < -0.39 is 58.3 Å². The number of benzene rings is 2. The molecule has 47 heavy (non-hydrogen) atoms.